The molecular weight excluding hydrogens is 258 g/mol. The summed E-state index contributed by atoms with van der Waals surface area (Å²) in [4.78, 5) is 4.50. The van der Waals surface area contributed by atoms with Crippen LogP contribution in [0, 0.1) is 17.2 Å². The summed E-state index contributed by atoms with van der Waals surface area (Å²) < 4.78 is 5.29. The van der Waals surface area contributed by atoms with E-state index in [1.807, 2.05) is 6.07 Å². The molecule has 1 aromatic rings. The molecule has 4 nitrogen and oxygen atoms in total. The van der Waals surface area contributed by atoms with Crippen LogP contribution >= 0.6 is 11.8 Å². The summed E-state index contributed by atoms with van der Waals surface area (Å²) in [5, 5.41) is 13.6. The van der Waals surface area contributed by atoms with Crippen molar-refractivity contribution in [3.05, 3.63) is 23.8 Å². The van der Waals surface area contributed by atoms with E-state index in [0.29, 0.717) is 22.5 Å². The number of hydrogen-bond donors (Lipinski definition) is 1. The second kappa shape index (κ2) is 5.98. The Kier molecular flexibility index (Phi) is 4.33. The molecule has 100 valence electrons. The van der Waals surface area contributed by atoms with Crippen LogP contribution in [0.2, 0.25) is 0 Å². The topological polar surface area (TPSA) is 57.4 Å². The van der Waals surface area contributed by atoms with E-state index in [1.54, 1.807) is 31.0 Å². The van der Waals surface area contributed by atoms with Crippen LogP contribution in [-0.2, 0) is 0 Å². The van der Waals surface area contributed by atoms with Crippen LogP contribution in [0.5, 0.6) is 5.75 Å². The Morgan fingerprint density at radius 2 is 2.32 bits per heavy atom. The van der Waals surface area contributed by atoms with Gasteiger partial charge in [-0.25, -0.2) is 0 Å². The van der Waals surface area contributed by atoms with Crippen LogP contribution in [0.25, 0.3) is 0 Å². The van der Waals surface area contributed by atoms with Gasteiger partial charge in [0.2, 0.25) is 0 Å². The molecule has 0 aliphatic carbocycles. The van der Waals surface area contributed by atoms with Crippen LogP contribution in [-0.4, -0.2) is 24.1 Å². The van der Waals surface area contributed by atoms with Gasteiger partial charge in [0.1, 0.15) is 5.75 Å². The summed E-state index contributed by atoms with van der Waals surface area (Å²) >= 11 is 1.76. The lowest BCUT2D eigenvalue weighted by Crippen LogP contribution is -2.13. The molecule has 1 aliphatic rings. The molecule has 0 radical (unpaired) electrons. The lowest BCUT2D eigenvalue weighted by atomic mass is 10.1. The lowest BCUT2D eigenvalue weighted by molar-refractivity contribution is 0.417. The third-order valence-electron chi connectivity index (χ3n) is 2.99. The highest BCUT2D eigenvalue weighted by Crippen LogP contribution is 2.31. The van der Waals surface area contributed by atoms with E-state index in [0.717, 1.165) is 17.4 Å². The third-order valence-corrected chi connectivity index (χ3v) is 4.44. The highest BCUT2D eigenvalue weighted by molar-refractivity contribution is 8.15. The van der Waals surface area contributed by atoms with E-state index in [-0.39, 0.29) is 0 Å². The molecule has 0 amide bonds. The summed E-state index contributed by atoms with van der Waals surface area (Å²) in [6, 6.07) is 7.45. The van der Waals surface area contributed by atoms with Gasteiger partial charge in [-0.2, -0.15) is 5.26 Å². The maximum absolute atomic E-state index is 8.87. The summed E-state index contributed by atoms with van der Waals surface area (Å²) in [6.07, 6.45) is 0. The molecule has 5 heteroatoms. The molecule has 0 aromatic heterocycles. The molecule has 1 heterocycles. The van der Waals surface area contributed by atoms with Crippen molar-refractivity contribution in [1.82, 2.24) is 0 Å². The zero-order valence-corrected chi connectivity index (χ0v) is 12.1. The van der Waals surface area contributed by atoms with E-state index in [1.165, 1.54) is 0 Å². The number of hydrogen-bond acceptors (Lipinski definition) is 5. The van der Waals surface area contributed by atoms with Crippen LogP contribution in [0.4, 0.5) is 5.69 Å². The van der Waals surface area contributed by atoms with Crippen LogP contribution in [0.15, 0.2) is 23.2 Å². The Morgan fingerprint density at radius 1 is 1.53 bits per heavy atom. The number of nitrogens with zero attached hydrogens (tertiary/aromatic N) is 2. The fourth-order valence-corrected chi connectivity index (χ4v) is 2.81. The quantitative estimate of drug-likeness (QED) is 0.921. The van der Waals surface area contributed by atoms with E-state index < -0.39 is 0 Å². The van der Waals surface area contributed by atoms with Gasteiger partial charge in [-0.05, 0) is 18.1 Å². The first-order valence-corrected chi connectivity index (χ1v) is 7.08. The number of methoxy groups -OCH3 is 1. The number of rotatable bonds is 3. The molecule has 19 heavy (non-hydrogen) atoms. The minimum Gasteiger partial charge on any atom is -0.495 e. The SMILES string of the molecule is COc1cc(C#N)ccc1NC1=NCC(C(C)C)S1. The Balaban J connectivity index is 2.10. The van der Waals surface area contributed by atoms with Crippen molar-refractivity contribution in [3.8, 4) is 11.8 Å². The minimum absolute atomic E-state index is 0.534. The molecule has 1 aromatic carbocycles. The molecule has 0 saturated carbocycles. The minimum atomic E-state index is 0.534. The Hall–Kier alpha value is -1.67. The van der Waals surface area contributed by atoms with Crippen LogP contribution in [0.3, 0.4) is 0 Å². The summed E-state index contributed by atoms with van der Waals surface area (Å²) in [5.41, 5.74) is 1.43. The standard InChI is InChI=1S/C14H17N3OS/c1-9(2)13-8-16-14(19-13)17-11-5-4-10(7-15)6-12(11)18-3/h4-6,9,13H,8H2,1-3H3,(H,16,17). The van der Waals surface area contributed by atoms with Crippen molar-refractivity contribution in [1.29, 1.82) is 5.26 Å². The molecule has 1 N–H and O–H groups in total. The number of nitriles is 1. The fourth-order valence-electron chi connectivity index (χ4n) is 1.79. The molecule has 0 fully saturated rings. The van der Waals surface area contributed by atoms with Gasteiger partial charge in [0.05, 0.1) is 31.0 Å². The van der Waals surface area contributed by atoms with Crippen molar-refractivity contribution >= 4 is 22.6 Å². The normalized spacial score (nSPS) is 18.1. The number of ether oxygens (including phenoxy) is 1. The number of thioether (sulfide) groups is 1. The van der Waals surface area contributed by atoms with Gasteiger partial charge in [-0.3, -0.25) is 4.99 Å². The number of anilines is 1. The van der Waals surface area contributed by atoms with E-state index in [2.05, 4.69) is 30.2 Å². The van der Waals surface area contributed by atoms with Crippen LogP contribution in [0.1, 0.15) is 19.4 Å². The van der Waals surface area contributed by atoms with Crippen molar-refractivity contribution in [2.75, 3.05) is 19.0 Å². The smallest absolute Gasteiger partial charge is 0.161 e. The molecule has 2 rings (SSSR count). The lowest BCUT2D eigenvalue weighted by Gasteiger charge is -2.13. The van der Waals surface area contributed by atoms with Gasteiger partial charge in [0.25, 0.3) is 0 Å². The summed E-state index contributed by atoms with van der Waals surface area (Å²) in [5.74, 6) is 1.27. The van der Waals surface area contributed by atoms with E-state index in [9.17, 15) is 0 Å². The zero-order chi connectivity index (χ0) is 13.8. The third kappa shape index (κ3) is 3.21. The predicted molar refractivity (Wildman–Crippen MR) is 79.9 cm³/mol. The highest BCUT2D eigenvalue weighted by atomic mass is 32.2. The maximum Gasteiger partial charge on any atom is 0.161 e. The number of aliphatic imine (C=N–C) groups is 1. The monoisotopic (exact) mass is 275 g/mol. The van der Waals surface area contributed by atoms with E-state index in [4.69, 9.17) is 10.00 Å². The van der Waals surface area contributed by atoms with E-state index >= 15 is 0 Å². The van der Waals surface area contributed by atoms with Crippen molar-refractivity contribution in [2.24, 2.45) is 10.9 Å². The Labute approximate surface area is 117 Å². The first kappa shape index (κ1) is 13.8. The number of nitrogens with one attached hydrogen (secondary N) is 1. The number of amidine groups is 1. The van der Waals surface area contributed by atoms with Gasteiger partial charge in [0.15, 0.2) is 5.17 Å². The second-order valence-corrected chi connectivity index (χ2v) is 5.93. The molecule has 1 aliphatic heterocycles. The zero-order valence-electron chi connectivity index (χ0n) is 11.3. The summed E-state index contributed by atoms with van der Waals surface area (Å²) in [7, 11) is 1.60. The molecule has 0 spiro atoms. The highest BCUT2D eigenvalue weighted by Gasteiger charge is 2.23. The Bertz CT molecular complexity index is 534. The molecule has 0 saturated heterocycles. The summed E-state index contributed by atoms with van der Waals surface area (Å²) in [6.45, 7) is 5.26. The number of benzene rings is 1. The fraction of sp³-hybridized carbons (Fsp3) is 0.429. The second-order valence-electron chi connectivity index (χ2n) is 4.70. The van der Waals surface area contributed by atoms with Gasteiger partial charge in [0, 0.05) is 11.3 Å². The largest absolute Gasteiger partial charge is 0.495 e. The van der Waals surface area contributed by atoms with Crippen molar-refractivity contribution < 1.29 is 4.74 Å². The molecular formula is C14H17N3OS. The van der Waals surface area contributed by atoms with Gasteiger partial charge in [-0.15, -0.1) is 0 Å². The van der Waals surface area contributed by atoms with Crippen molar-refractivity contribution in [3.63, 3.8) is 0 Å². The van der Waals surface area contributed by atoms with Gasteiger partial charge >= 0.3 is 0 Å². The van der Waals surface area contributed by atoms with Gasteiger partial charge < -0.3 is 10.1 Å². The first-order valence-electron chi connectivity index (χ1n) is 6.20. The molecule has 0 bridgehead atoms. The van der Waals surface area contributed by atoms with Gasteiger partial charge in [-0.1, -0.05) is 25.6 Å². The Morgan fingerprint density at radius 3 is 2.89 bits per heavy atom. The maximum atomic E-state index is 8.87. The van der Waals surface area contributed by atoms with Crippen molar-refractivity contribution in [2.45, 2.75) is 19.1 Å². The first-order chi connectivity index (χ1) is 9.13. The predicted octanol–water partition coefficient (Wildman–Crippen LogP) is 3.11. The van der Waals surface area contributed by atoms with Crippen LogP contribution < -0.4 is 10.1 Å². The average Bonchev–Trinajstić information content (AvgIpc) is 2.88. The average molecular weight is 275 g/mol. The molecule has 1 unspecified atom stereocenters. The molecule has 1 atom stereocenters.